The highest BCUT2D eigenvalue weighted by Gasteiger charge is 2.21. The van der Waals surface area contributed by atoms with Gasteiger partial charge in [-0.3, -0.25) is 0 Å². The molecule has 5 nitrogen and oxygen atoms in total. The van der Waals surface area contributed by atoms with Crippen molar-refractivity contribution >= 4 is 12.3 Å². The van der Waals surface area contributed by atoms with Crippen LogP contribution >= 0.6 is 0 Å². The molecule has 0 aromatic rings. The van der Waals surface area contributed by atoms with E-state index in [0.29, 0.717) is 5.92 Å². The monoisotopic (exact) mass is 200 g/mol. The van der Waals surface area contributed by atoms with E-state index < -0.39 is 6.09 Å². The lowest BCUT2D eigenvalue weighted by molar-refractivity contribution is 0.182. The summed E-state index contributed by atoms with van der Waals surface area (Å²) in [5.41, 5.74) is 0. The summed E-state index contributed by atoms with van der Waals surface area (Å²) in [5, 5.41) is 22.2. The van der Waals surface area contributed by atoms with Crippen LogP contribution in [-0.4, -0.2) is 28.7 Å². The van der Waals surface area contributed by atoms with Crippen LogP contribution in [0.15, 0.2) is 5.16 Å². The molecule has 1 aliphatic carbocycles. The van der Waals surface area contributed by atoms with E-state index in [1.807, 2.05) is 0 Å². The highest BCUT2D eigenvalue weighted by Crippen LogP contribution is 2.25. The molecule has 0 radical (unpaired) electrons. The van der Waals surface area contributed by atoms with Gasteiger partial charge < -0.3 is 15.6 Å². The largest absolute Gasteiger partial charge is 0.465 e. The molecule has 14 heavy (non-hydrogen) atoms. The number of oxime groups is 1. The van der Waals surface area contributed by atoms with Crippen molar-refractivity contribution < 1.29 is 15.1 Å². The molecule has 1 saturated carbocycles. The highest BCUT2D eigenvalue weighted by molar-refractivity contribution is 5.64. The maximum absolute atomic E-state index is 10.4. The number of carboxylic acid groups (broad SMARTS) is 1. The average molecular weight is 200 g/mol. The molecule has 5 heteroatoms. The van der Waals surface area contributed by atoms with Gasteiger partial charge >= 0.3 is 6.09 Å². The van der Waals surface area contributed by atoms with Crippen LogP contribution in [0.25, 0.3) is 0 Å². The Morgan fingerprint density at radius 3 is 2.57 bits per heavy atom. The number of carbonyl (C=O) groups is 1. The summed E-state index contributed by atoms with van der Waals surface area (Å²) in [7, 11) is 0. The molecule has 0 aliphatic heterocycles. The van der Waals surface area contributed by atoms with Crippen molar-refractivity contribution in [2.75, 3.05) is 0 Å². The lowest BCUT2D eigenvalue weighted by Gasteiger charge is -2.27. The third-order valence-corrected chi connectivity index (χ3v) is 2.69. The minimum absolute atomic E-state index is 0.106. The van der Waals surface area contributed by atoms with Crippen molar-refractivity contribution in [3.63, 3.8) is 0 Å². The Morgan fingerprint density at radius 1 is 1.43 bits per heavy atom. The number of nitrogens with zero attached hydrogens (tertiary/aromatic N) is 1. The molecule has 1 fully saturated rings. The number of hydrogen-bond donors (Lipinski definition) is 3. The van der Waals surface area contributed by atoms with Crippen LogP contribution in [0.1, 0.15) is 32.1 Å². The Hall–Kier alpha value is -1.26. The number of nitrogens with one attached hydrogen (secondary N) is 1. The maximum atomic E-state index is 10.4. The first-order valence-electron chi connectivity index (χ1n) is 4.87. The third-order valence-electron chi connectivity index (χ3n) is 2.69. The van der Waals surface area contributed by atoms with Crippen LogP contribution in [0.5, 0.6) is 0 Å². The minimum Gasteiger partial charge on any atom is -0.465 e. The van der Waals surface area contributed by atoms with Gasteiger partial charge in [-0.05, 0) is 38.0 Å². The zero-order valence-electron chi connectivity index (χ0n) is 8.02. The summed E-state index contributed by atoms with van der Waals surface area (Å²) < 4.78 is 0. The predicted octanol–water partition coefficient (Wildman–Crippen LogP) is 1.66. The molecule has 1 rings (SSSR count). The van der Waals surface area contributed by atoms with Crippen LogP contribution in [0, 0.1) is 5.92 Å². The standard InChI is InChI=1S/C9H16N2O3/c12-9(13)11-8-3-1-7(2-4-8)5-6-10-14/h6-8,11,14H,1-5H2,(H,12,13). The molecule has 0 atom stereocenters. The SMILES string of the molecule is O=C(O)NC1CCC(CC=NO)CC1. The second kappa shape index (κ2) is 5.47. The topological polar surface area (TPSA) is 81.9 Å². The number of hydrogen-bond acceptors (Lipinski definition) is 3. The van der Waals surface area contributed by atoms with Crippen LogP contribution in [0.3, 0.4) is 0 Å². The van der Waals surface area contributed by atoms with E-state index in [-0.39, 0.29) is 6.04 Å². The summed E-state index contributed by atoms with van der Waals surface area (Å²) in [6.07, 6.45) is 5.12. The van der Waals surface area contributed by atoms with Crippen molar-refractivity contribution in [3.8, 4) is 0 Å². The highest BCUT2D eigenvalue weighted by atomic mass is 16.4. The van der Waals surface area contributed by atoms with E-state index >= 15 is 0 Å². The normalized spacial score (nSPS) is 27.7. The smallest absolute Gasteiger partial charge is 0.404 e. The van der Waals surface area contributed by atoms with Crippen LogP contribution in [0.4, 0.5) is 4.79 Å². The van der Waals surface area contributed by atoms with Crippen molar-refractivity contribution in [2.24, 2.45) is 11.1 Å². The van der Waals surface area contributed by atoms with Crippen LogP contribution in [0.2, 0.25) is 0 Å². The van der Waals surface area contributed by atoms with Gasteiger partial charge in [-0.25, -0.2) is 4.79 Å². The zero-order chi connectivity index (χ0) is 10.4. The molecule has 0 aromatic heterocycles. The van der Waals surface area contributed by atoms with Gasteiger partial charge in [0, 0.05) is 12.3 Å². The second-order valence-corrected chi connectivity index (χ2v) is 3.70. The van der Waals surface area contributed by atoms with Gasteiger partial charge in [-0.1, -0.05) is 0 Å². The first kappa shape index (κ1) is 10.8. The Balaban J connectivity index is 2.20. The van der Waals surface area contributed by atoms with Gasteiger partial charge in [0.25, 0.3) is 0 Å². The van der Waals surface area contributed by atoms with Gasteiger partial charge in [0.2, 0.25) is 0 Å². The Morgan fingerprint density at radius 2 is 2.07 bits per heavy atom. The molecule has 0 unspecified atom stereocenters. The van der Waals surface area contributed by atoms with E-state index in [1.54, 1.807) is 0 Å². The molecule has 0 aromatic carbocycles. The molecular formula is C9H16N2O3. The quantitative estimate of drug-likeness (QED) is 0.368. The Kier molecular flexibility index (Phi) is 4.22. The Bertz CT molecular complexity index is 210. The van der Waals surface area contributed by atoms with Crippen molar-refractivity contribution in [1.29, 1.82) is 0 Å². The lowest BCUT2D eigenvalue weighted by Crippen LogP contribution is -2.36. The number of amides is 1. The Labute approximate surface area is 82.8 Å². The van der Waals surface area contributed by atoms with E-state index in [2.05, 4.69) is 10.5 Å². The predicted molar refractivity (Wildman–Crippen MR) is 51.8 cm³/mol. The summed E-state index contributed by atoms with van der Waals surface area (Å²) in [6, 6.07) is 0.106. The lowest BCUT2D eigenvalue weighted by atomic mass is 9.84. The second-order valence-electron chi connectivity index (χ2n) is 3.70. The summed E-state index contributed by atoms with van der Waals surface area (Å²) in [4.78, 5) is 10.4. The third kappa shape index (κ3) is 3.64. The zero-order valence-corrected chi connectivity index (χ0v) is 8.02. The van der Waals surface area contributed by atoms with E-state index in [9.17, 15) is 4.79 Å². The molecule has 3 N–H and O–H groups in total. The summed E-state index contributed by atoms with van der Waals surface area (Å²) in [5.74, 6) is 0.540. The molecule has 1 aliphatic rings. The molecule has 0 spiro atoms. The van der Waals surface area contributed by atoms with Gasteiger partial charge in [-0.2, -0.15) is 0 Å². The molecule has 0 bridgehead atoms. The van der Waals surface area contributed by atoms with Gasteiger partial charge in [0.15, 0.2) is 0 Å². The summed E-state index contributed by atoms with van der Waals surface area (Å²) >= 11 is 0. The molecule has 0 heterocycles. The molecule has 80 valence electrons. The summed E-state index contributed by atoms with van der Waals surface area (Å²) in [6.45, 7) is 0. The van der Waals surface area contributed by atoms with E-state index in [4.69, 9.17) is 10.3 Å². The average Bonchev–Trinajstić information content (AvgIpc) is 2.16. The van der Waals surface area contributed by atoms with Crippen molar-refractivity contribution in [2.45, 2.75) is 38.1 Å². The first-order chi connectivity index (χ1) is 6.72. The fourth-order valence-electron chi connectivity index (χ4n) is 1.91. The molecular weight excluding hydrogens is 184 g/mol. The van der Waals surface area contributed by atoms with Crippen LogP contribution in [-0.2, 0) is 0 Å². The van der Waals surface area contributed by atoms with E-state index in [0.717, 1.165) is 32.1 Å². The fraction of sp³-hybridized carbons (Fsp3) is 0.778. The van der Waals surface area contributed by atoms with Crippen molar-refractivity contribution in [1.82, 2.24) is 5.32 Å². The van der Waals surface area contributed by atoms with Crippen LogP contribution < -0.4 is 5.32 Å². The number of rotatable bonds is 3. The molecule has 1 amide bonds. The van der Waals surface area contributed by atoms with E-state index in [1.165, 1.54) is 6.21 Å². The molecule has 0 saturated heterocycles. The first-order valence-corrected chi connectivity index (χ1v) is 4.87. The fourth-order valence-corrected chi connectivity index (χ4v) is 1.91. The van der Waals surface area contributed by atoms with Gasteiger partial charge in [-0.15, -0.1) is 5.16 Å². The minimum atomic E-state index is -0.939. The maximum Gasteiger partial charge on any atom is 0.404 e. The van der Waals surface area contributed by atoms with Gasteiger partial charge in [0.05, 0.1) is 0 Å². The van der Waals surface area contributed by atoms with Gasteiger partial charge in [0.1, 0.15) is 0 Å². The van der Waals surface area contributed by atoms with Crippen molar-refractivity contribution in [3.05, 3.63) is 0 Å².